The molecule has 0 radical (unpaired) electrons. The summed E-state index contributed by atoms with van der Waals surface area (Å²) < 4.78 is 7.13. The van der Waals surface area contributed by atoms with E-state index >= 15 is 0 Å². The molecule has 0 fully saturated rings. The SMILES string of the molecule is COC(=O)CCn1c(=O)n(CCCSCCO)c(=O)n(CCC(C)=O)c1=O. The minimum atomic E-state index is -0.846. The highest BCUT2D eigenvalue weighted by Crippen LogP contribution is 2.01. The van der Waals surface area contributed by atoms with Gasteiger partial charge >= 0.3 is 23.0 Å². The number of thioether (sulfide) groups is 1. The highest BCUT2D eigenvalue weighted by molar-refractivity contribution is 7.99. The van der Waals surface area contributed by atoms with Crippen LogP contribution in [0.1, 0.15) is 26.2 Å². The van der Waals surface area contributed by atoms with Crippen molar-refractivity contribution in [3.05, 3.63) is 31.5 Å². The normalized spacial score (nSPS) is 10.8. The molecule has 0 aliphatic rings. The lowest BCUT2D eigenvalue weighted by atomic mass is 10.3. The molecule has 0 amide bonds. The Labute approximate surface area is 159 Å². The highest BCUT2D eigenvalue weighted by Gasteiger charge is 2.16. The maximum Gasteiger partial charge on any atom is 0.336 e. The van der Waals surface area contributed by atoms with Crippen LogP contribution < -0.4 is 17.1 Å². The number of hydrogen-bond acceptors (Lipinski definition) is 8. The summed E-state index contributed by atoms with van der Waals surface area (Å²) in [6.45, 7) is 1.12. The van der Waals surface area contributed by atoms with E-state index in [1.54, 1.807) is 0 Å². The van der Waals surface area contributed by atoms with E-state index in [1.165, 1.54) is 25.8 Å². The summed E-state index contributed by atoms with van der Waals surface area (Å²) in [6.07, 6.45) is 0.279. The average molecular weight is 403 g/mol. The summed E-state index contributed by atoms with van der Waals surface area (Å²) in [6, 6.07) is 0. The topological polar surface area (TPSA) is 130 Å². The summed E-state index contributed by atoms with van der Waals surface area (Å²) in [4.78, 5) is 60.2. The van der Waals surface area contributed by atoms with Crippen LogP contribution >= 0.6 is 11.8 Å². The van der Waals surface area contributed by atoms with Crippen LogP contribution in [0, 0.1) is 0 Å². The van der Waals surface area contributed by atoms with Gasteiger partial charge in [0.25, 0.3) is 0 Å². The van der Waals surface area contributed by atoms with Crippen molar-refractivity contribution in [2.24, 2.45) is 0 Å². The van der Waals surface area contributed by atoms with Gasteiger partial charge in [-0.25, -0.2) is 28.1 Å². The molecule has 0 saturated heterocycles. The Bertz CT molecular complexity index is 825. The molecule has 0 aromatic carbocycles. The Morgan fingerprint density at radius 1 is 0.926 bits per heavy atom. The number of nitrogens with zero attached hydrogens (tertiary/aromatic N) is 3. The number of methoxy groups -OCH3 is 1. The Morgan fingerprint density at radius 2 is 1.44 bits per heavy atom. The van der Waals surface area contributed by atoms with Gasteiger partial charge in [-0.2, -0.15) is 11.8 Å². The Kier molecular flexibility index (Phi) is 9.79. The zero-order valence-electron chi connectivity index (χ0n) is 15.5. The van der Waals surface area contributed by atoms with Crippen molar-refractivity contribution in [1.29, 1.82) is 0 Å². The van der Waals surface area contributed by atoms with Crippen LogP contribution in [-0.2, 0) is 34.0 Å². The molecule has 11 heteroatoms. The van der Waals surface area contributed by atoms with Gasteiger partial charge in [0.2, 0.25) is 0 Å². The molecule has 0 spiro atoms. The fourth-order valence-electron chi connectivity index (χ4n) is 2.32. The van der Waals surface area contributed by atoms with E-state index in [1.807, 2.05) is 0 Å². The Morgan fingerprint density at radius 3 is 1.93 bits per heavy atom. The summed E-state index contributed by atoms with van der Waals surface area (Å²) in [5.74, 6) is 0.396. The van der Waals surface area contributed by atoms with Gasteiger partial charge in [0.1, 0.15) is 5.78 Å². The predicted octanol–water partition coefficient (Wildman–Crippen LogP) is -1.17. The van der Waals surface area contributed by atoms with Crippen molar-refractivity contribution in [2.45, 2.75) is 45.8 Å². The molecule has 1 rings (SSSR count). The monoisotopic (exact) mass is 403 g/mol. The number of rotatable bonds is 12. The van der Waals surface area contributed by atoms with E-state index in [4.69, 9.17) is 5.11 Å². The number of esters is 1. The van der Waals surface area contributed by atoms with Gasteiger partial charge in [0.05, 0.1) is 20.1 Å². The number of aliphatic hydroxyl groups is 1. The number of carbonyl (C=O) groups is 2. The fraction of sp³-hybridized carbons (Fsp3) is 0.688. The first kappa shape index (κ1) is 22.9. The molecule has 0 unspecified atom stereocenters. The number of Topliss-reactive ketones (excluding diaryl/α,β-unsaturated/α-hetero) is 1. The molecule has 0 aliphatic carbocycles. The summed E-state index contributed by atoms with van der Waals surface area (Å²) in [5, 5.41) is 8.77. The van der Waals surface area contributed by atoms with Crippen LogP contribution in [0.2, 0.25) is 0 Å². The lowest BCUT2D eigenvalue weighted by molar-refractivity contribution is -0.140. The van der Waals surface area contributed by atoms with Gasteiger partial charge in [-0.15, -0.1) is 0 Å². The number of aliphatic hydroxyl groups excluding tert-OH is 1. The highest BCUT2D eigenvalue weighted by atomic mass is 32.2. The van der Waals surface area contributed by atoms with Crippen LogP contribution in [0.3, 0.4) is 0 Å². The van der Waals surface area contributed by atoms with Crippen molar-refractivity contribution in [1.82, 2.24) is 13.7 Å². The predicted molar refractivity (Wildman–Crippen MR) is 100 cm³/mol. The maximum atomic E-state index is 12.6. The van der Waals surface area contributed by atoms with Gasteiger partial charge in [0.15, 0.2) is 0 Å². The minimum Gasteiger partial charge on any atom is -0.469 e. The second kappa shape index (κ2) is 11.5. The van der Waals surface area contributed by atoms with Gasteiger partial charge in [-0.05, 0) is 19.1 Å². The number of hydrogen-bond donors (Lipinski definition) is 1. The Hall–Kier alpha value is -2.14. The van der Waals surface area contributed by atoms with Crippen LogP contribution in [-0.4, -0.2) is 55.8 Å². The summed E-state index contributed by atoms with van der Waals surface area (Å²) in [5.41, 5.74) is -2.41. The van der Waals surface area contributed by atoms with Crippen LogP contribution in [0.5, 0.6) is 0 Å². The van der Waals surface area contributed by atoms with Gasteiger partial charge < -0.3 is 9.84 Å². The van der Waals surface area contributed by atoms with Crippen LogP contribution in [0.4, 0.5) is 0 Å². The quantitative estimate of drug-likeness (QED) is 0.341. The molecule has 27 heavy (non-hydrogen) atoms. The zero-order valence-corrected chi connectivity index (χ0v) is 16.3. The van der Waals surface area contributed by atoms with Gasteiger partial charge in [-0.3, -0.25) is 9.59 Å². The molecule has 0 saturated carbocycles. The van der Waals surface area contributed by atoms with Crippen molar-refractivity contribution in [3.63, 3.8) is 0 Å². The first-order chi connectivity index (χ1) is 12.8. The Balaban J connectivity index is 3.21. The molecular formula is C16H25N3O7S. The van der Waals surface area contributed by atoms with E-state index in [0.29, 0.717) is 17.9 Å². The van der Waals surface area contributed by atoms with E-state index in [9.17, 15) is 24.0 Å². The number of ketones is 1. The van der Waals surface area contributed by atoms with E-state index < -0.39 is 23.0 Å². The molecule has 1 aromatic rings. The number of carbonyl (C=O) groups excluding carboxylic acids is 2. The van der Waals surface area contributed by atoms with E-state index in [-0.39, 0.29) is 44.9 Å². The van der Waals surface area contributed by atoms with Crippen molar-refractivity contribution >= 4 is 23.5 Å². The molecule has 0 aliphatic heterocycles. The lowest BCUT2D eigenvalue weighted by Crippen LogP contribution is -2.54. The molecule has 1 aromatic heterocycles. The molecule has 10 nitrogen and oxygen atoms in total. The first-order valence-corrected chi connectivity index (χ1v) is 9.68. The van der Waals surface area contributed by atoms with Gasteiger partial charge in [-0.1, -0.05) is 0 Å². The van der Waals surface area contributed by atoms with E-state index in [2.05, 4.69) is 4.74 Å². The molecule has 0 atom stereocenters. The molecule has 152 valence electrons. The maximum absolute atomic E-state index is 12.6. The zero-order chi connectivity index (χ0) is 20.4. The summed E-state index contributed by atoms with van der Waals surface area (Å²) >= 11 is 1.48. The standard InChI is InChI=1S/C16H25N3O7S/c1-12(21)4-7-18-14(23)17(6-3-10-27-11-9-20)15(24)19(16(18)25)8-5-13(22)26-2/h20H,3-11H2,1-2H3. The van der Waals surface area contributed by atoms with Crippen molar-refractivity contribution in [2.75, 3.05) is 25.2 Å². The molecule has 1 N–H and O–H groups in total. The lowest BCUT2D eigenvalue weighted by Gasteiger charge is -2.13. The smallest absolute Gasteiger partial charge is 0.336 e. The number of ether oxygens (including phenoxy) is 1. The molecule has 1 heterocycles. The van der Waals surface area contributed by atoms with Crippen molar-refractivity contribution in [3.8, 4) is 0 Å². The summed E-state index contributed by atoms with van der Waals surface area (Å²) in [7, 11) is 1.20. The van der Waals surface area contributed by atoms with Crippen LogP contribution in [0.15, 0.2) is 14.4 Å². The van der Waals surface area contributed by atoms with E-state index in [0.717, 1.165) is 13.7 Å². The minimum absolute atomic E-state index is 0.0172. The van der Waals surface area contributed by atoms with Crippen LogP contribution in [0.25, 0.3) is 0 Å². The largest absolute Gasteiger partial charge is 0.469 e. The average Bonchev–Trinajstić information content (AvgIpc) is 2.63. The van der Waals surface area contributed by atoms with Crippen molar-refractivity contribution < 1.29 is 19.4 Å². The number of aromatic nitrogens is 3. The molecular weight excluding hydrogens is 378 g/mol. The fourth-order valence-corrected chi connectivity index (χ4v) is 2.99. The second-order valence-electron chi connectivity index (χ2n) is 5.77. The van der Waals surface area contributed by atoms with Gasteiger partial charge in [0, 0.05) is 31.8 Å². The third-order valence-corrected chi connectivity index (χ3v) is 4.79. The third-order valence-electron chi connectivity index (χ3n) is 3.75. The molecule has 0 bridgehead atoms. The first-order valence-electron chi connectivity index (χ1n) is 8.52. The second-order valence-corrected chi connectivity index (χ2v) is 7.00. The third kappa shape index (κ3) is 6.83.